The fourth-order valence-corrected chi connectivity index (χ4v) is 7.59. The summed E-state index contributed by atoms with van der Waals surface area (Å²) >= 11 is 2.99. The van der Waals surface area contributed by atoms with Gasteiger partial charge in [-0.2, -0.15) is 0 Å². The third kappa shape index (κ3) is 4.46. The minimum absolute atomic E-state index is 0.0250. The van der Waals surface area contributed by atoms with Gasteiger partial charge >= 0.3 is 0 Å². The van der Waals surface area contributed by atoms with E-state index in [4.69, 9.17) is 0 Å². The van der Waals surface area contributed by atoms with Crippen LogP contribution in [0.5, 0.6) is 0 Å². The minimum Gasteiger partial charge on any atom is -0.294 e. The highest BCUT2D eigenvalue weighted by molar-refractivity contribution is 7.99. The smallest absolute Gasteiger partial charge is 0.268 e. The van der Waals surface area contributed by atoms with Gasteiger partial charge in [0.05, 0.1) is 16.8 Å². The molecule has 3 aromatic heterocycles. The Kier molecular flexibility index (Phi) is 6.55. The molecule has 6 aromatic rings. The van der Waals surface area contributed by atoms with Crippen LogP contribution >= 0.6 is 23.1 Å². The first-order chi connectivity index (χ1) is 19.7. The monoisotopic (exact) mass is 563 g/mol. The topological polar surface area (TPSA) is 72.5 Å². The molecule has 7 rings (SSSR count). The van der Waals surface area contributed by atoms with E-state index in [1.165, 1.54) is 22.2 Å². The molecule has 7 nitrogen and oxygen atoms in total. The molecule has 1 aliphatic heterocycles. The van der Waals surface area contributed by atoms with Crippen molar-refractivity contribution in [2.45, 2.75) is 24.7 Å². The molecule has 0 radical (unpaired) electrons. The summed E-state index contributed by atoms with van der Waals surface area (Å²) in [7, 11) is 0. The van der Waals surface area contributed by atoms with E-state index in [0.29, 0.717) is 16.5 Å². The van der Waals surface area contributed by atoms with Gasteiger partial charge in [0.1, 0.15) is 4.83 Å². The van der Waals surface area contributed by atoms with Crippen molar-refractivity contribution < 1.29 is 4.79 Å². The predicted octanol–water partition coefficient (Wildman–Crippen LogP) is 5.63. The van der Waals surface area contributed by atoms with Gasteiger partial charge < -0.3 is 0 Å². The maximum Gasteiger partial charge on any atom is 0.268 e. The van der Waals surface area contributed by atoms with Crippen molar-refractivity contribution in [2.75, 3.05) is 12.3 Å². The molecular weight excluding hydrogens is 539 g/mol. The highest BCUT2D eigenvalue weighted by Gasteiger charge is 2.28. The van der Waals surface area contributed by atoms with E-state index in [1.807, 2.05) is 71.1 Å². The van der Waals surface area contributed by atoms with Crippen LogP contribution in [0.15, 0.2) is 101 Å². The average Bonchev–Trinajstić information content (AvgIpc) is 3.59. The average molecular weight is 564 g/mol. The van der Waals surface area contributed by atoms with Gasteiger partial charge in [0, 0.05) is 30.1 Å². The highest BCUT2D eigenvalue weighted by atomic mass is 32.2. The molecule has 0 spiro atoms. The third-order valence-electron chi connectivity index (χ3n) is 7.25. The summed E-state index contributed by atoms with van der Waals surface area (Å²) < 4.78 is 3.62. The molecule has 0 atom stereocenters. The number of carbonyl (C=O) groups excluding carboxylic acids is 1. The second kappa shape index (κ2) is 10.5. The molecule has 0 saturated heterocycles. The lowest BCUT2D eigenvalue weighted by Gasteiger charge is -2.26. The summed E-state index contributed by atoms with van der Waals surface area (Å²) in [5.41, 5.74) is 3.73. The number of thioether (sulfide) groups is 1. The Morgan fingerprint density at radius 1 is 0.900 bits per heavy atom. The normalized spacial score (nSPS) is 13.6. The third-order valence-corrected chi connectivity index (χ3v) is 9.38. The zero-order valence-corrected chi connectivity index (χ0v) is 23.2. The van der Waals surface area contributed by atoms with E-state index in [1.54, 1.807) is 15.9 Å². The van der Waals surface area contributed by atoms with Crippen LogP contribution in [0.3, 0.4) is 0 Å². The lowest BCUT2D eigenvalue weighted by Crippen LogP contribution is -2.30. The summed E-state index contributed by atoms with van der Waals surface area (Å²) in [6.45, 7) is 2.53. The molecule has 40 heavy (non-hydrogen) atoms. The number of thiophene rings is 1. The molecule has 0 fully saturated rings. The van der Waals surface area contributed by atoms with Crippen LogP contribution in [0.4, 0.5) is 0 Å². The second-order valence-corrected chi connectivity index (χ2v) is 11.8. The van der Waals surface area contributed by atoms with Gasteiger partial charge in [-0.25, -0.2) is 8.97 Å². The van der Waals surface area contributed by atoms with Crippen molar-refractivity contribution in [3.8, 4) is 5.69 Å². The fourth-order valence-electron chi connectivity index (χ4n) is 5.32. The number of fused-ring (bicyclic) bond motifs is 5. The van der Waals surface area contributed by atoms with Gasteiger partial charge in [-0.15, -0.1) is 21.5 Å². The maximum atomic E-state index is 14.1. The number of hydrogen-bond acceptors (Lipinski definition) is 7. The molecule has 0 amide bonds. The number of rotatable bonds is 7. The molecule has 3 aromatic carbocycles. The lowest BCUT2D eigenvalue weighted by atomic mass is 10.0. The number of benzene rings is 3. The Bertz CT molecular complexity index is 1900. The Labute approximate surface area is 238 Å². The summed E-state index contributed by atoms with van der Waals surface area (Å²) in [5.74, 6) is 0.710. The van der Waals surface area contributed by atoms with Crippen LogP contribution in [-0.4, -0.2) is 42.1 Å². The summed E-state index contributed by atoms with van der Waals surface area (Å²) in [4.78, 5) is 31.5. The Morgan fingerprint density at radius 2 is 1.60 bits per heavy atom. The van der Waals surface area contributed by atoms with Crippen LogP contribution in [-0.2, 0) is 19.5 Å². The number of nitrogens with zero attached hydrogens (tertiary/aromatic N) is 5. The van der Waals surface area contributed by atoms with Gasteiger partial charge in [-0.05, 0) is 29.7 Å². The van der Waals surface area contributed by atoms with E-state index in [0.717, 1.165) is 47.5 Å². The molecule has 0 unspecified atom stereocenters. The Balaban J connectivity index is 1.34. The van der Waals surface area contributed by atoms with Crippen molar-refractivity contribution in [2.24, 2.45) is 0 Å². The number of hydrogen-bond donors (Lipinski definition) is 0. The van der Waals surface area contributed by atoms with E-state index in [9.17, 15) is 9.59 Å². The van der Waals surface area contributed by atoms with E-state index in [-0.39, 0.29) is 17.1 Å². The molecule has 198 valence electrons. The van der Waals surface area contributed by atoms with E-state index >= 15 is 0 Å². The standard InChI is InChI=1S/C31H25N5O2S2/c37-25(22-12-6-2-7-13-22)20-39-31-33-32-30-35(23-14-8-3-9-15-23)28(38)27-24-16-17-34(18-21-10-4-1-5-11-21)19-26(24)40-29(27)36(30)31/h1-15H,16-20H2. The van der Waals surface area contributed by atoms with Gasteiger partial charge in [-0.3, -0.25) is 14.5 Å². The van der Waals surface area contributed by atoms with Gasteiger partial charge in [0.2, 0.25) is 5.78 Å². The molecular formula is C31H25N5O2S2. The van der Waals surface area contributed by atoms with Crippen LogP contribution in [0.1, 0.15) is 26.4 Å². The largest absolute Gasteiger partial charge is 0.294 e. The molecule has 1 aliphatic rings. The molecule has 0 saturated carbocycles. The van der Waals surface area contributed by atoms with Gasteiger partial charge in [0.15, 0.2) is 10.9 Å². The van der Waals surface area contributed by atoms with Gasteiger partial charge in [-0.1, -0.05) is 90.6 Å². The second-order valence-electron chi connectivity index (χ2n) is 9.80. The first-order valence-corrected chi connectivity index (χ1v) is 14.9. The summed E-state index contributed by atoms with van der Waals surface area (Å²) in [6.07, 6.45) is 0.800. The fraction of sp³-hybridized carbons (Fsp3) is 0.161. The number of ketones is 1. The molecule has 0 bridgehead atoms. The lowest BCUT2D eigenvalue weighted by molar-refractivity contribution is 0.102. The van der Waals surface area contributed by atoms with Crippen LogP contribution in [0.2, 0.25) is 0 Å². The zero-order chi connectivity index (χ0) is 27.1. The van der Waals surface area contributed by atoms with Crippen molar-refractivity contribution in [3.05, 3.63) is 123 Å². The SMILES string of the molecule is O=C(CSc1nnc2n(-c3ccccc3)c(=O)c3c4c(sc3n12)CN(Cc1ccccc1)CC4)c1ccccc1. The predicted molar refractivity (Wildman–Crippen MR) is 160 cm³/mol. The van der Waals surface area contributed by atoms with Crippen molar-refractivity contribution in [1.29, 1.82) is 0 Å². The zero-order valence-electron chi connectivity index (χ0n) is 21.6. The van der Waals surface area contributed by atoms with E-state index in [2.05, 4.69) is 39.4 Å². The molecule has 0 aliphatic carbocycles. The number of aromatic nitrogens is 4. The molecule has 9 heteroatoms. The van der Waals surface area contributed by atoms with E-state index < -0.39 is 0 Å². The highest BCUT2D eigenvalue weighted by Crippen LogP contribution is 2.36. The maximum absolute atomic E-state index is 14.1. The Morgan fingerprint density at radius 3 is 2.35 bits per heavy atom. The van der Waals surface area contributed by atoms with Crippen LogP contribution in [0, 0.1) is 0 Å². The van der Waals surface area contributed by atoms with Crippen LogP contribution < -0.4 is 5.56 Å². The molecule has 4 heterocycles. The van der Waals surface area contributed by atoms with Crippen molar-refractivity contribution >= 4 is 44.9 Å². The first-order valence-electron chi connectivity index (χ1n) is 13.1. The number of Topliss-reactive ketones (excluding diaryl/α,β-unsaturated/α-hetero) is 1. The summed E-state index contributed by atoms with van der Waals surface area (Å²) in [5, 5.41) is 10.3. The summed E-state index contributed by atoms with van der Waals surface area (Å²) in [6, 6.07) is 29.3. The van der Waals surface area contributed by atoms with Crippen molar-refractivity contribution in [1.82, 2.24) is 24.1 Å². The minimum atomic E-state index is -0.0768. The number of para-hydroxylation sites is 1. The quantitative estimate of drug-likeness (QED) is 0.185. The molecule has 0 N–H and O–H groups in total. The first kappa shape index (κ1) is 25.0. The number of carbonyl (C=O) groups is 1. The van der Waals surface area contributed by atoms with Gasteiger partial charge in [0.25, 0.3) is 5.56 Å². The Hall–Kier alpha value is -4.05. The van der Waals surface area contributed by atoms with Crippen LogP contribution in [0.25, 0.3) is 21.7 Å². The van der Waals surface area contributed by atoms with Crippen molar-refractivity contribution in [3.63, 3.8) is 0 Å².